The highest BCUT2D eigenvalue weighted by molar-refractivity contribution is 5.77. The van der Waals surface area contributed by atoms with Gasteiger partial charge in [0.25, 0.3) is 5.91 Å². The molecule has 0 saturated carbocycles. The molecule has 0 aliphatic heterocycles. The minimum atomic E-state index is -0.291. The number of rotatable bonds is 8. The first-order valence-corrected chi connectivity index (χ1v) is 8.19. The van der Waals surface area contributed by atoms with Crippen LogP contribution in [0.25, 0.3) is 11.4 Å². The van der Waals surface area contributed by atoms with Gasteiger partial charge < -0.3 is 24.1 Å². The van der Waals surface area contributed by atoms with Crippen LogP contribution in [0.4, 0.5) is 0 Å². The predicted octanol–water partition coefficient (Wildman–Crippen LogP) is 2.45. The van der Waals surface area contributed by atoms with Crippen molar-refractivity contribution in [1.82, 2.24) is 15.5 Å². The number of carbonyl (C=O) groups excluding carboxylic acids is 1. The number of hydrogen-bond acceptors (Lipinski definition) is 7. The number of aromatic nitrogens is 2. The second kappa shape index (κ2) is 8.70. The molecule has 1 aromatic heterocycles. The summed E-state index contributed by atoms with van der Waals surface area (Å²) < 4.78 is 21.1. The zero-order chi connectivity index (χ0) is 19.1. The quantitative estimate of drug-likeness (QED) is 0.651. The SMILES string of the molecule is COc1ccc(-c2noc(CNC(=O)COc3ccccc3)n2)c(OC)c1. The summed E-state index contributed by atoms with van der Waals surface area (Å²) in [5, 5.41) is 6.60. The van der Waals surface area contributed by atoms with Crippen LogP contribution in [0.5, 0.6) is 17.2 Å². The number of amides is 1. The molecule has 2 aromatic carbocycles. The number of nitrogens with zero attached hydrogens (tertiary/aromatic N) is 2. The van der Waals surface area contributed by atoms with E-state index in [1.807, 2.05) is 18.2 Å². The Bertz CT molecular complexity index is 895. The van der Waals surface area contributed by atoms with Crippen molar-refractivity contribution in [2.45, 2.75) is 6.54 Å². The molecule has 1 heterocycles. The summed E-state index contributed by atoms with van der Waals surface area (Å²) in [6.07, 6.45) is 0. The molecule has 1 amide bonds. The molecule has 8 heteroatoms. The molecule has 0 bridgehead atoms. The van der Waals surface area contributed by atoms with E-state index in [9.17, 15) is 4.79 Å². The smallest absolute Gasteiger partial charge is 0.258 e. The number of methoxy groups -OCH3 is 2. The second-order valence-electron chi connectivity index (χ2n) is 5.46. The molecule has 0 fully saturated rings. The van der Waals surface area contributed by atoms with Crippen molar-refractivity contribution in [3.63, 3.8) is 0 Å². The van der Waals surface area contributed by atoms with Crippen molar-refractivity contribution in [3.05, 3.63) is 54.4 Å². The highest BCUT2D eigenvalue weighted by Crippen LogP contribution is 2.31. The van der Waals surface area contributed by atoms with Crippen LogP contribution < -0.4 is 19.5 Å². The van der Waals surface area contributed by atoms with Gasteiger partial charge in [-0.3, -0.25) is 4.79 Å². The zero-order valence-corrected chi connectivity index (χ0v) is 15.0. The van der Waals surface area contributed by atoms with Crippen LogP contribution in [0.1, 0.15) is 5.89 Å². The molecule has 0 atom stereocenters. The summed E-state index contributed by atoms with van der Waals surface area (Å²) in [4.78, 5) is 16.2. The lowest BCUT2D eigenvalue weighted by molar-refractivity contribution is -0.123. The Hall–Kier alpha value is -3.55. The highest BCUT2D eigenvalue weighted by Gasteiger charge is 2.15. The Morgan fingerprint density at radius 2 is 1.89 bits per heavy atom. The molecule has 140 valence electrons. The average molecular weight is 369 g/mol. The minimum Gasteiger partial charge on any atom is -0.497 e. The number of para-hydroxylation sites is 1. The normalized spacial score (nSPS) is 10.3. The monoisotopic (exact) mass is 369 g/mol. The van der Waals surface area contributed by atoms with Crippen molar-refractivity contribution in [1.29, 1.82) is 0 Å². The first-order chi connectivity index (χ1) is 13.2. The van der Waals surface area contributed by atoms with Crippen molar-refractivity contribution in [2.24, 2.45) is 0 Å². The van der Waals surface area contributed by atoms with Crippen molar-refractivity contribution < 1.29 is 23.5 Å². The lowest BCUT2D eigenvalue weighted by atomic mass is 10.2. The van der Waals surface area contributed by atoms with Gasteiger partial charge in [-0.25, -0.2) is 0 Å². The first-order valence-electron chi connectivity index (χ1n) is 8.19. The Morgan fingerprint density at radius 3 is 2.63 bits per heavy atom. The molecule has 0 aliphatic carbocycles. The third-order valence-corrected chi connectivity index (χ3v) is 3.67. The van der Waals surface area contributed by atoms with Gasteiger partial charge in [-0.15, -0.1) is 0 Å². The summed E-state index contributed by atoms with van der Waals surface area (Å²) in [5.41, 5.74) is 0.659. The Balaban J connectivity index is 1.57. The van der Waals surface area contributed by atoms with Gasteiger partial charge in [0.1, 0.15) is 17.2 Å². The fourth-order valence-electron chi connectivity index (χ4n) is 2.31. The van der Waals surface area contributed by atoms with Crippen LogP contribution in [-0.4, -0.2) is 36.9 Å². The van der Waals surface area contributed by atoms with Gasteiger partial charge in [-0.2, -0.15) is 4.98 Å². The predicted molar refractivity (Wildman–Crippen MR) is 96.6 cm³/mol. The Labute approximate surface area is 156 Å². The van der Waals surface area contributed by atoms with E-state index in [-0.39, 0.29) is 24.9 Å². The standard InChI is InChI=1S/C19H19N3O5/c1-24-14-8-9-15(16(10-14)25-2)19-21-18(27-22-19)11-20-17(23)12-26-13-6-4-3-5-7-13/h3-10H,11-12H2,1-2H3,(H,20,23). The summed E-state index contributed by atoms with van der Waals surface area (Å²) in [6.45, 7) is -0.000235. The second-order valence-corrected chi connectivity index (χ2v) is 5.46. The molecule has 3 rings (SSSR count). The molecular formula is C19H19N3O5. The molecular weight excluding hydrogens is 350 g/mol. The molecule has 0 radical (unpaired) electrons. The van der Waals surface area contributed by atoms with E-state index in [2.05, 4.69) is 15.5 Å². The summed E-state index contributed by atoms with van der Waals surface area (Å²) >= 11 is 0. The van der Waals surface area contributed by atoms with E-state index in [4.69, 9.17) is 18.7 Å². The van der Waals surface area contributed by atoms with Gasteiger partial charge in [0.2, 0.25) is 11.7 Å². The number of carbonyl (C=O) groups is 1. The molecule has 0 spiro atoms. The topological polar surface area (TPSA) is 95.7 Å². The van der Waals surface area contributed by atoms with Crippen LogP contribution >= 0.6 is 0 Å². The van der Waals surface area contributed by atoms with Crippen LogP contribution in [0.15, 0.2) is 53.1 Å². The fraction of sp³-hybridized carbons (Fsp3) is 0.211. The highest BCUT2D eigenvalue weighted by atomic mass is 16.5. The number of hydrogen-bond donors (Lipinski definition) is 1. The third-order valence-electron chi connectivity index (χ3n) is 3.67. The molecule has 3 aromatic rings. The summed E-state index contributed by atoms with van der Waals surface area (Å²) in [5.74, 6) is 2.18. The maximum atomic E-state index is 11.9. The van der Waals surface area contributed by atoms with Gasteiger partial charge in [-0.1, -0.05) is 23.4 Å². The molecule has 27 heavy (non-hydrogen) atoms. The zero-order valence-electron chi connectivity index (χ0n) is 15.0. The van der Waals surface area contributed by atoms with Gasteiger partial charge in [-0.05, 0) is 24.3 Å². The van der Waals surface area contributed by atoms with Gasteiger partial charge >= 0.3 is 0 Å². The maximum Gasteiger partial charge on any atom is 0.258 e. The van der Waals surface area contributed by atoms with Crippen LogP contribution in [0.2, 0.25) is 0 Å². The van der Waals surface area contributed by atoms with E-state index in [0.29, 0.717) is 28.6 Å². The maximum absolute atomic E-state index is 11.9. The summed E-state index contributed by atoms with van der Waals surface area (Å²) in [7, 11) is 3.12. The van der Waals surface area contributed by atoms with Gasteiger partial charge in [0.05, 0.1) is 26.3 Å². The van der Waals surface area contributed by atoms with Crippen LogP contribution in [0.3, 0.4) is 0 Å². The number of nitrogens with one attached hydrogen (secondary N) is 1. The average Bonchev–Trinajstić information content (AvgIpc) is 3.19. The number of ether oxygens (including phenoxy) is 3. The van der Waals surface area contributed by atoms with E-state index in [1.165, 1.54) is 0 Å². The first kappa shape index (κ1) is 18.2. The van der Waals surface area contributed by atoms with Crippen LogP contribution in [0, 0.1) is 0 Å². The minimum absolute atomic E-state index is 0.0997. The van der Waals surface area contributed by atoms with Gasteiger partial charge in [0.15, 0.2) is 6.61 Å². The lowest BCUT2D eigenvalue weighted by Gasteiger charge is -2.07. The summed E-state index contributed by atoms with van der Waals surface area (Å²) in [6, 6.07) is 14.4. The molecule has 0 unspecified atom stereocenters. The largest absolute Gasteiger partial charge is 0.497 e. The molecule has 1 N–H and O–H groups in total. The molecule has 0 saturated heterocycles. The van der Waals surface area contributed by atoms with E-state index in [0.717, 1.165) is 0 Å². The molecule has 8 nitrogen and oxygen atoms in total. The Morgan fingerprint density at radius 1 is 1.07 bits per heavy atom. The van der Waals surface area contributed by atoms with Crippen LogP contribution in [-0.2, 0) is 11.3 Å². The third kappa shape index (κ3) is 4.75. The van der Waals surface area contributed by atoms with E-state index >= 15 is 0 Å². The van der Waals surface area contributed by atoms with Crippen molar-refractivity contribution in [2.75, 3.05) is 20.8 Å². The molecule has 0 aliphatic rings. The van der Waals surface area contributed by atoms with Gasteiger partial charge in [0, 0.05) is 6.07 Å². The van der Waals surface area contributed by atoms with Crippen molar-refractivity contribution >= 4 is 5.91 Å². The van der Waals surface area contributed by atoms with E-state index < -0.39 is 0 Å². The lowest BCUT2D eigenvalue weighted by Crippen LogP contribution is -2.28. The van der Waals surface area contributed by atoms with Crippen molar-refractivity contribution in [3.8, 4) is 28.6 Å². The number of benzene rings is 2. The van der Waals surface area contributed by atoms with E-state index in [1.54, 1.807) is 44.6 Å². The Kier molecular flexibility index (Phi) is 5.88. The fourth-order valence-corrected chi connectivity index (χ4v) is 2.31.